The minimum atomic E-state index is -3.70. The number of carbonyl (C=O) groups is 2. The molecule has 0 saturated heterocycles. The van der Waals surface area contributed by atoms with Gasteiger partial charge in [-0.25, -0.2) is 21.6 Å². The zero-order valence-electron chi connectivity index (χ0n) is 13.4. The van der Waals surface area contributed by atoms with E-state index in [1.165, 1.54) is 0 Å². The fourth-order valence-corrected chi connectivity index (χ4v) is 4.26. The van der Waals surface area contributed by atoms with Gasteiger partial charge in [0.05, 0.1) is 16.2 Å². The second-order valence-electron chi connectivity index (χ2n) is 5.82. The Labute approximate surface area is 140 Å². The molecule has 0 aliphatic heterocycles. The van der Waals surface area contributed by atoms with Gasteiger partial charge in [-0.3, -0.25) is 4.79 Å². The number of rotatable bonds is 7. The Morgan fingerprint density at radius 1 is 1.12 bits per heavy atom. The quantitative estimate of drug-likeness (QED) is 0.717. The van der Waals surface area contributed by atoms with E-state index in [2.05, 4.69) is 5.32 Å². The van der Waals surface area contributed by atoms with Crippen molar-refractivity contribution in [3.63, 3.8) is 0 Å². The molecule has 8 nitrogen and oxygen atoms in total. The maximum atomic E-state index is 11.9. The molecule has 24 heavy (non-hydrogen) atoms. The lowest BCUT2D eigenvalue weighted by Crippen LogP contribution is -2.26. The Morgan fingerprint density at radius 2 is 1.71 bits per heavy atom. The number of benzene rings is 1. The normalized spacial score (nSPS) is 12.2. The number of aromatic carboxylic acids is 1. The molecule has 0 radical (unpaired) electrons. The van der Waals surface area contributed by atoms with Crippen LogP contribution < -0.4 is 5.32 Å². The van der Waals surface area contributed by atoms with E-state index in [9.17, 15) is 26.4 Å². The van der Waals surface area contributed by atoms with Crippen LogP contribution in [-0.4, -0.2) is 51.6 Å². The predicted octanol–water partition coefficient (Wildman–Crippen LogP) is 0.798. The van der Waals surface area contributed by atoms with Gasteiger partial charge in [-0.2, -0.15) is 0 Å². The molecule has 1 rings (SSSR count). The lowest BCUT2D eigenvalue weighted by Gasteiger charge is -2.10. The number of nitrogens with one attached hydrogen (secondary N) is 1. The summed E-state index contributed by atoms with van der Waals surface area (Å²) in [6.45, 7) is 3.40. The van der Waals surface area contributed by atoms with E-state index in [0.29, 0.717) is 0 Å². The molecule has 2 N–H and O–H groups in total. The number of amides is 1. The van der Waals surface area contributed by atoms with Crippen LogP contribution in [0.2, 0.25) is 0 Å². The molecule has 1 amide bonds. The molecular weight excluding hydrogens is 358 g/mol. The summed E-state index contributed by atoms with van der Waals surface area (Å²) in [6, 6.07) is 3.10. The fraction of sp³-hybridized carbons (Fsp3) is 0.429. The van der Waals surface area contributed by atoms with Crippen LogP contribution >= 0.6 is 0 Å². The maximum Gasteiger partial charge on any atom is 0.335 e. The average Bonchev–Trinajstić information content (AvgIpc) is 2.34. The molecule has 0 spiro atoms. The molecule has 0 heterocycles. The number of carboxylic acid groups (broad SMARTS) is 1. The van der Waals surface area contributed by atoms with E-state index in [1.807, 2.05) is 0 Å². The molecule has 1 aromatic carbocycles. The zero-order chi connectivity index (χ0) is 18.7. The highest BCUT2D eigenvalue weighted by molar-refractivity contribution is 7.92. The largest absolute Gasteiger partial charge is 0.478 e. The van der Waals surface area contributed by atoms with E-state index in [0.717, 1.165) is 24.5 Å². The first kappa shape index (κ1) is 20.1. The molecule has 0 aliphatic carbocycles. The summed E-state index contributed by atoms with van der Waals surface area (Å²) in [5.74, 6) is -3.31. The van der Waals surface area contributed by atoms with Crippen molar-refractivity contribution in [1.82, 2.24) is 0 Å². The fourth-order valence-electron chi connectivity index (χ4n) is 1.97. The SMILES string of the molecule is CC(C)CS(=O)(=O)CC(=O)Nc1cc(C(=O)O)cc(S(C)(=O)=O)c1. The molecule has 0 unspecified atom stereocenters. The summed E-state index contributed by atoms with van der Waals surface area (Å²) in [5, 5.41) is 11.2. The topological polar surface area (TPSA) is 135 Å². The van der Waals surface area contributed by atoms with Gasteiger partial charge in [-0.15, -0.1) is 0 Å². The standard InChI is InChI=1S/C14H19NO7S2/c1-9(2)7-24(21,22)8-13(16)15-11-4-10(14(17)18)5-12(6-11)23(3,19)20/h4-6,9H,7-8H2,1-3H3,(H,15,16)(H,17,18). The molecule has 0 aliphatic rings. The molecule has 1 aromatic rings. The number of carboxylic acids is 1. The highest BCUT2D eigenvalue weighted by Crippen LogP contribution is 2.19. The van der Waals surface area contributed by atoms with Crippen LogP contribution in [-0.2, 0) is 24.5 Å². The summed E-state index contributed by atoms with van der Waals surface area (Å²) in [5.41, 5.74) is -0.432. The third kappa shape index (κ3) is 6.28. The van der Waals surface area contributed by atoms with Crippen molar-refractivity contribution in [1.29, 1.82) is 0 Å². The van der Waals surface area contributed by atoms with Gasteiger partial charge in [0.15, 0.2) is 19.7 Å². The summed E-state index contributed by atoms with van der Waals surface area (Å²) >= 11 is 0. The van der Waals surface area contributed by atoms with Crippen LogP contribution in [0.1, 0.15) is 24.2 Å². The van der Waals surface area contributed by atoms with Crippen molar-refractivity contribution in [3.05, 3.63) is 23.8 Å². The Balaban J connectivity index is 3.08. The molecular formula is C14H19NO7S2. The minimum absolute atomic E-state index is 0.0972. The Morgan fingerprint density at radius 3 is 2.17 bits per heavy atom. The zero-order valence-corrected chi connectivity index (χ0v) is 15.1. The van der Waals surface area contributed by atoms with Crippen molar-refractivity contribution in [2.24, 2.45) is 5.92 Å². The third-order valence-corrected chi connectivity index (χ3v) is 5.77. The highest BCUT2D eigenvalue weighted by atomic mass is 32.2. The third-order valence-electron chi connectivity index (χ3n) is 2.80. The monoisotopic (exact) mass is 377 g/mol. The molecule has 0 bridgehead atoms. The molecule has 0 atom stereocenters. The lowest BCUT2D eigenvalue weighted by atomic mass is 10.2. The van der Waals surface area contributed by atoms with Gasteiger partial charge in [0.2, 0.25) is 5.91 Å². The molecule has 134 valence electrons. The van der Waals surface area contributed by atoms with Crippen molar-refractivity contribution in [3.8, 4) is 0 Å². The van der Waals surface area contributed by atoms with E-state index in [-0.39, 0.29) is 27.8 Å². The van der Waals surface area contributed by atoms with Gasteiger partial charge >= 0.3 is 5.97 Å². The summed E-state index contributed by atoms with van der Waals surface area (Å²) in [7, 11) is -7.31. The minimum Gasteiger partial charge on any atom is -0.478 e. The van der Waals surface area contributed by atoms with Crippen molar-refractivity contribution >= 4 is 37.2 Å². The van der Waals surface area contributed by atoms with Gasteiger partial charge < -0.3 is 10.4 Å². The van der Waals surface area contributed by atoms with Crippen molar-refractivity contribution < 1.29 is 31.5 Å². The number of hydrogen-bond acceptors (Lipinski definition) is 6. The predicted molar refractivity (Wildman–Crippen MR) is 88.6 cm³/mol. The van der Waals surface area contributed by atoms with Crippen LogP contribution in [0.3, 0.4) is 0 Å². The second kappa shape index (κ2) is 7.31. The van der Waals surface area contributed by atoms with Crippen molar-refractivity contribution in [2.45, 2.75) is 18.7 Å². The lowest BCUT2D eigenvalue weighted by molar-refractivity contribution is -0.113. The Kier molecular flexibility index (Phi) is 6.12. The van der Waals surface area contributed by atoms with Crippen LogP contribution in [0.4, 0.5) is 5.69 Å². The van der Waals surface area contributed by atoms with E-state index < -0.39 is 37.3 Å². The molecule has 10 heteroatoms. The number of anilines is 1. The first-order valence-electron chi connectivity index (χ1n) is 6.89. The number of hydrogen-bond donors (Lipinski definition) is 2. The summed E-state index contributed by atoms with van der Waals surface area (Å²) < 4.78 is 46.8. The Hall–Kier alpha value is -1.94. The van der Waals surface area contributed by atoms with Gasteiger partial charge in [-0.05, 0) is 24.1 Å². The first-order chi connectivity index (χ1) is 10.8. The smallest absolute Gasteiger partial charge is 0.335 e. The Bertz CT molecular complexity index is 855. The highest BCUT2D eigenvalue weighted by Gasteiger charge is 2.20. The van der Waals surface area contributed by atoms with E-state index in [1.54, 1.807) is 13.8 Å². The van der Waals surface area contributed by atoms with Gasteiger partial charge in [0.25, 0.3) is 0 Å². The average molecular weight is 377 g/mol. The van der Waals surface area contributed by atoms with Crippen molar-refractivity contribution in [2.75, 3.05) is 23.1 Å². The van der Waals surface area contributed by atoms with Crippen LogP contribution in [0.15, 0.2) is 23.1 Å². The molecule has 0 fully saturated rings. The number of carbonyl (C=O) groups excluding carboxylic acids is 1. The maximum absolute atomic E-state index is 11.9. The summed E-state index contributed by atoms with van der Waals surface area (Å²) in [4.78, 5) is 22.6. The van der Waals surface area contributed by atoms with Gasteiger partial charge in [-0.1, -0.05) is 13.8 Å². The van der Waals surface area contributed by atoms with E-state index in [4.69, 9.17) is 5.11 Å². The second-order valence-corrected chi connectivity index (χ2v) is 9.94. The van der Waals surface area contributed by atoms with Crippen LogP contribution in [0.5, 0.6) is 0 Å². The molecule has 0 saturated carbocycles. The van der Waals surface area contributed by atoms with Crippen LogP contribution in [0.25, 0.3) is 0 Å². The summed E-state index contributed by atoms with van der Waals surface area (Å²) in [6.07, 6.45) is 0.895. The van der Waals surface area contributed by atoms with Gasteiger partial charge in [0.1, 0.15) is 5.75 Å². The van der Waals surface area contributed by atoms with Crippen LogP contribution in [0, 0.1) is 5.92 Å². The van der Waals surface area contributed by atoms with E-state index >= 15 is 0 Å². The molecule has 0 aromatic heterocycles. The number of sulfone groups is 2. The first-order valence-corrected chi connectivity index (χ1v) is 10.6. The van der Waals surface area contributed by atoms with Gasteiger partial charge in [0, 0.05) is 11.9 Å².